The molecule has 2 nitrogen and oxygen atoms in total. The van der Waals surface area contributed by atoms with Crippen LogP contribution in [0.15, 0.2) is 18.2 Å². The zero-order chi connectivity index (χ0) is 13.2. The summed E-state index contributed by atoms with van der Waals surface area (Å²) in [5.74, 6) is 5.44. The van der Waals surface area contributed by atoms with Gasteiger partial charge >= 0.3 is 0 Å². The molecule has 0 aliphatic heterocycles. The summed E-state index contributed by atoms with van der Waals surface area (Å²) >= 11 is 6.19. The number of benzene rings is 1. The Morgan fingerprint density at radius 2 is 2.00 bits per heavy atom. The first-order chi connectivity index (χ1) is 8.57. The smallest absolute Gasteiger partial charge is 0.123 e. The summed E-state index contributed by atoms with van der Waals surface area (Å²) in [5, 5.41) is 0.575. The first-order valence-corrected chi connectivity index (χ1v) is 6.86. The summed E-state index contributed by atoms with van der Waals surface area (Å²) < 4.78 is 13.4. The van der Waals surface area contributed by atoms with Gasteiger partial charge in [0.25, 0.3) is 0 Å². The van der Waals surface area contributed by atoms with Gasteiger partial charge in [-0.1, -0.05) is 37.8 Å². The van der Waals surface area contributed by atoms with Gasteiger partial charge in [-0.2, -0.15) is 0 Å². The fourth-order valence-electron chi connectivity index (χ4n) is 3.05. The monoisotopic (exact) mass is 270 g/mol. The third kappa shape index (κ3) is 2.68. The van der Waals surface area contributed by atoms with Crippen LogP contribution in [0, 0.1) is 11.2 Å². The zero-order valence-corrected chi connectivity index (χ0v) is 11.4. The highest BCUT2D eigenvalue weighted by atomic mass is 35.5. The lowest BCUT2D eigenvalue weighted by Crippen LogP contribution is -2.41. The van der Waals surface area contributed by atoms with Crippen LogP contribution in [0.25, 0.3) is 0 Å². The topological polar surface area (TPSA) is 38.0 Å². The molecule has 18 heavy (non-hydrogen) atoms. The second-order valence-electron chi connectivity index (χ2n) is 5.48. The lowest BCUT2D eigenvalue weighted by Gasteiger charge is -2.41. The van der Waals surface area contributed by atoms with Crippen molar-refractivity contribution in [3.05, 3.63) is 34.6 Å². The number of rotatable bonds is 3. The molecule has 1 aliphatic rings. The van der Waals surface area contributed by atoms with Crippen LogP contribution >= 0.6 is 11.6 Å². The van der Waals surface area contributed by atoms with Crippen LogP contribution in [0.1, 0.15) is 50.6 Å². The van der Waals surface area contributed by atoms with Crippen molar-refractivity contribution >= 4 is 11.6 Å². The lowest BCUT2D eigenvalue weighted by molar-refractivity contribution is 0.145. The molecule has 0 saturated heterocycles. The molecule has 1 aromatic rings. The van der Waals surface area contributed by atoms with Crippen molar-refractivity contribution in [3.8, 4) is 0 Å². The van der Waals surface area contributed by atoms with Crippen molar-refractivity contribution in [2.45, 2.75) is 45.1 Å². The van der Waals surface area contributed by atoms with Gasteiger partial charge in [0.15, 0.2) is 0 Å². The molecular weight excluding hydrogens is 251 g/mol. The van der Waals surface area contributed by atoms with Crippen molar-refractivity contribution in [3.63, 3.8) is 0 Å². The first kappa shape index (κ1) is 13.8. The number of hydrogen-bond acceptors (Lipinski definition) is 2. The molecule has 1 atom stereocenters. The molecule has 3 N–H and O–H groups in total. The predicted molar refractivity (Wildman–Crippen MR) is 72.7 cm³/mol. The van der Waals surface area contributed by atoms with Crippen molar-refractivity contribution in [2.75, 3.05) is 0 Å². The van der Waals surface area contributed by atoms with Gasteiger partial charge in [-0.15, -0.1) is 0 Å². The Kier molecular flexibility index (Phi) is 4.25. The summed E-state index contributed by atoms with van der Waals surface area (Å²) in [7, 11) is 0. The minimum Gasteiger partial charge on any atom is -0.271 e. The zero-order valence-electron chi connectivity index (χ0n) is 10.7. The third-order valence-corrected chi connectivity index (χ3v) is 4.47. The number of halogens is 2. The fourth-order valence-corrected chi connectivity index (χ4v) is 3.28. The van der Waals surface area contributed by atoms with Gasteiger partial charge in [0.1, 0.15) is 5.82 Å². The van der Waals surface area contributed by atoms with Crippen LogP contribution in [0.4, 0.5) is 4.39 Å². The average Bonchev–Trinajstić information content (AvgIpc) is 2.35. The summed E-state index contributed by atoms with van der Waals surface area (Å²) in [6.07, 6.45) is 5.84. The average molecular weight is 271 g/mol. The summed E-state index contributed by atoms with van der Waals surface area (Å²) in [5.41, 5.74) is 3.66. The van der Waals surface area contributed by atoms with Crippen LogP contribution in [0.3, 0.4) is 0 Å². The summed E-state index contributed by atoms with van der Waals surface area (Å²) in [4.78, 5) is 0. The number of nitrogens with one attached hydrogen (secondary N) is 1. The minimum absolute atomic E-state index is 0.0461. The summed E-state index contributed by atoms with van der Waals surface area (Å²) in [6, 6.07) is 4.37. The van der Waals surface area contributed by atoms with E-state index < -0.39 is 0 Å². The Hall–Kier alpha value is -0.640. The van der Waals surface area contributed by atoms with Crippen molar-refractivity contribution in [1.29, 1.82) is 0 Å². The molecule has 0 aromatic heterocycles. The van der Waals surface area contributed by atoms with Gasteiger partial charge in [0.2, 0.25) is 0 Å². The molecule has 4 heteroatoms. The van der Waals surface area contributed by atoms with Crippen LogP contribution < -0.4 is 11.3 Å². The molecule has 0 spiro atoms. The van der Waals surface area contributed by atoms with Gasteiger partial charge < -0.3 is 0 Å². The molecular formula is C14H20ClFN2. The van der Waals surface area contributed by atoms with Gasteiger partial charge in [0, 0.05) is 5.02 Å². The van der Waals surface area contributed by atoms with Crippen LogP contribution in [0.5, 0.6) is 0 Å². The Bertz CT molecular complexity index is 416. The number of hydrogen-bond donors (Lipinski definition) is 2. The molecule has 0 bridgehead atoms. The predicted octanol–water partition coefficient (Wildman–Crippen LogP) is 3.95. The van der Waals surface area contributed by atoms with Crippen molar-refractivity contribution < 1.29 is 4.39 Å². The maximum absolute atomic E-state index is 13.4. The van der Waals surface area contributed by atoms with E-state index in [-0.39, 0.29) is 17.3 Å². The molecule has 1 fully saturated rings. The molecule has 1 unspecified atom stereocenters. The Balaban J connectivity index is 2.35. The Morgan fingerprint density at radius 3 is 2.61 bits per heavy atom. The van der Waals surface area contributed by atoms with E-state index in [9.17, 15) is 4.39 Å². The second kappa shape index (κ2) is 5.55. The highest BCUT2D eigenvalue weighted by molar-refractivity contribution is 6.31. The molecule has 1 aromatic carbocycles. The standard InChI is InChI=1S/C14H20ClFN2/c1-14(7-3-2-4-8-14)13(18-17)11-9-10(16)5-6-12(11)15/h5-6,9,13,18H,2-4,7-8,17H2,1H3. The maximum atomic E-state index is 13.4. The molecule has 0 heterocycles. The Morgan fingerprint density at radius 1 is 1.33 bits per heavy atom. The normalized spacial score (nSPS) is 20.7. The van der Waals surface area contributed by atoms with E-state index in [0.717, 1.165) is 18.4 Å². The van der Waals surface area contributed by atoms with E-state index in [2.05, 4.69) is 12.3 Å². The highest BCUT2D eigenvalue weighted by Crippen LogP contribution is 2.46. The van der Waals surface area contributed by atoms with Crippen LogP contribution in [-0.2, 0) is 0 Å². The van der Waals surface area contributed by atoms with Crippen molar-refractivity contribution in [2.24, 2.45) is 11.3 Å². The van der Waals surface area contributed by atoms with E-state index in [1.54, 1.807) is 6.07 Å². The molecule has 0 radical (unpaired) electrons. The van der Waals surface area contributed by atoms with E-state index in [1.165, 1.54) is 31.4 Å². The van der Waals surface area contributed by atoms with Gasteiger partial charge in [-0.05, 0) is 42.0 Å². The van der Waals surface area contributed by atoms with Gasteiger partial charge in [-0.3, -0.25) is 11.3 Å². The third-order valence-electron chi connectivity index (χ3n) is 4.13. The first-order valence-electron chi connectivity index (χ1n) is 6.48. The highest BCUT2D eigenvalue weighted by Gasteiger charge is 2.36. The van der Waals surface area contributed by atoms with Crippen LogP contribution in [0.2, 0.25) is 5.02 Å². The molecule has 1 saturated carbocycles. The largest absolute Gasteiger partial charge is 0.271 e. The quantitative estimate of drug-likeness (QED) is 0.645. The molecule has 100 valence electrons. The fraction of sp³-hybridized carbons (Fsp3) is 0.571. The molecule has 2 rings (SSSR count). The Labute approximate surface area is 113 Å². The molecule has 0 amide bonds. The van der Waals surface area contributed by atoms with E-state index in [1.807, 2.05) is 0 Å². The number of hydrazine groups is 1. The van der Waals surface area contributed by atoms with Gasteiger partial charge in [-0.25, -0.2) is 4.39 Å². The van der Waals surface area contributed by atoms with Crippen LogP contribution in [-0.4, -0.2) is 0 Å². The van der Waals surface area contributed by atoms with E-state index in [0.29, 0.717) is 5.02 Å². The lowest BCUT2D eigenvalue weighted by atomic mass is 9.69. The summed E-state index contributed by atoms with van der Waals surface area (Å²) in [6.45, 7) is 2.21. The second-order valence-corrected chi connectivity index (χ2v) is 5.89. The van der Waals surface area contributed by atoms with Crippen molar-refractivity contribution in [1.82, 2.24) is 5.43 Å². The molecule has 1 aliphatic carbocycles. The minimum atomic E-state index is -0.269. The maximum Gasteiger partial charge on any atom is 0.123 e. The van der Waals surface area contributed by atoms with E-state index in [4.69, 9.17) is 17.4 Å². The van der Waals surface area contributed by atoms with Gasteiger partial charge in [0.05, 0.1) is 6.04 Å². The number of nitrogens with two attached hydrogens (primary N) is 1. The SMILES string of the molecule is CC1(C(NN)c2cc(F)ccc2Cl)CCCCC1. The van der Waals surface area contributed by atoms with E-state index >= 15 is 0 Å².